The molecule has 0 saturated carbocycles. The molecule has 23 heavy (non-hydrogen) atoms. The summed E-state index contributed by atoms with van der Waals surface area (Å²) in [7, 11) is 0. The Morgan fingerprint density at radius 2 is 2.00 bits per heavy atom. The number of piperidine rings is 3. The summed E-state index contributed by atoms with van der Waals surface area (Å²) >= 11 is 0. The standard InChI is InChI=1S/C19H23N3O/c20-9-14-4-6-15(7-5-14)10-21-11-16-8-17(13-21)18-2-1-3-19(23)22(18)12-16/h4-7,16-18H,1-3,8,10-13H2/t16-,17+,18-/m0/s1. The fourth-order valence-corrected chi connectivity index (χ4v) is 4.78. The van der Waals surface area contributed by atoms with Gasteiger partial charge in [0.15, 0.2) is 0 Å². The second-order valence-electron chi connectivity index (χ2n) is 7.37. The highest BCUT2D eigenvalue weighted by Gasteiger charge is 2.43. The molecule has 3 saturated heterocycles. The Hall–Kier alpha value is -1.86. The summed E-state index contributed by atoms with van der Waals surface area (Å²) in [6.45, 7) is 4.11. The second kappa shape index (κ2) is 5.98. The van der Waals surface area contributed by atoms with Crippen molar-refractivity contribution in [3.8, 4) is 6.07 Å². The Morgan fingerprint density at radius 1 is 1.17 bits per heavy atom. The molecule has 0 unspecified atom stereocenters. The summed E-state index contributed by atoms with van der Waals surface area (Å²) in [6.07, 6.45) is 4.30. The minimum absolute atomic E-state index is 0.386. The molecule has 3 heterocycles. The molecule has 0 aliphatic carbocycles. The van der Waals surface area contributed by atoms with Crippen LogP contribution in [0.1, 0.15) is 36.8 Å². The van der Waals surface area contributed by atoms with Gasteiger partial charge in [-0.1, -0.05) is 12.1 Å². The van der Waals surface area contributed by atoms with E-state index < -0.39 is 0 Å². The van der Waals surface area contributed by atoms with Crippen LogP contribution in [0.25, 0.3) is 0 Å². The first-order chi connectivity index (χ1) is 11.2. The molecular formula is C19H23N3O. The third-order valence-electron chi connectivity index (χ3n) is 5.74. The molecule has 3 aliphatic heterocycles. The van der Waals surface area contributed by atoms with Gasteiger partial charge in [-0.15, -0.1) is 0 Å². The van der Waals surface area contributed by atoms with Gasteiger partial charge < -0.3 is 4.90 Å². The first-order valence-corrected chi connectivity index (χ1v) is 8.74. The molecule has 4 rings (SSSR count). The lowest BCUT2D eigenvalue weighted by molar-refractivity contribution is -0.145. The third-order valence-corrected chi connectivity index (χ3v) is 5.74. The van der Waals surface area contributed by atoms with Gasteiger partial charge in [0, 0.05) is 38.6 Å². The Balaban J connectivity index is 1.45. The average molecular weight is 309 g/mol. The number of hydrogen-bond donors (Lipinski definition) is 0. The van der Waals surface area contributed by atoms with E-state index in [-0.39, 0.29) is 0 Å². The lowest BCUT2D eigenvalue weighted by Gasteiger charge is -2.52. The van der Waals surface area contributed by atoms with Crippen LogP contribution in [0.3, 0.4) is 0 Å². The van der Waals surface area contributed by atoms with Crippen LogP contribution in [0, 0.1) is 23.2 Å². The van der Waals surface area contributed by atoms with E-state index in [1.54, 1.807) is 0 Å². The maximum absolute atomic E-state index is 12.2. The zero-order chi connectivity index (χ0) is 15.8. The highest BCUT2D eigenvalue weighted by Crippen LogP contribution is 2.38. The molecule has 3 atom stereocenters. The zero-order valence-corrected chi connectivity index (χ0v) is 13.4. The number of rotatable bonds is 2. The fourth-order valence-electron chi connectivity index (χ4n) is 4.78. The van der Waals surface area contributed by atoms with Gasteiger partial charge >= 0.3 is 0 Å². The molecule has 1 aromatic rings. The average Bonchev–Trinajstić information content (AvgIpc) is 2.57. The lowest BCUT2D eigenvalue weighted by Crippen LogP contribution is -2.60. The fraction of sp³-hybridized carbons (Fsp3) is 0.579. The maximum Gasteiger partial charge on any atom is 0.222 e. The van der Waals surface area contributed by atoms with E-state index in [2.05, 4.69) is 28.0 Å². The number of likely N-dealkylation sites (tertiary alicyclic amines) is 1. The van der Waals surface area contributed by atoms with Gasteiger partial charge in [0.2, 0.25) is 5.91 Å². The van der Waals surface area contributed by atoms with Gasteiger partial charge in [-0.25, -0.2) is 0 Å². The van der Waals surface area contributed by atoms with Crippen molar-refractivity contribution in [3.05, 3.63) is 35.4 Å². The lowest BCUT2D eigenvalue weighted by atomic mass is 9.76. The minimum Gasteiger partial charge on any atom is -0.339 e. The summed E-state index contributed by atoms with van der Waals surface area (Å²) < 4.78 is 0. The number of amides is 1. The molecule has 120 valence electrons. The SMILES string of the molecule is N#Cc1ccc(CN2C[C@@H]3C[C@H](C2)[C@@H]2CCCC(=O)N2C3)cc1. The molecule has 0 radical (unpaired) electrons. The molecule has 4 nitrogen and oxygen atoms in total. The van der Waals surface area contributed by atoms with Crippen molar-refractivity contribution in [3.63, 3.8) is 0 Å². The van der Waals surface area contributed by atoms with Crippen molar-refractivity contribution in [2.75, 3.05) is 19.6 Å². The van der Waals surface area contributed by atoms with Gasteiger partial charge in [0.05, 0.1) is 11.6 Å². The Labute approximate surface area is 137 Å². The van der Waals surface area contributed by atoms with Crippen LogP contribution in [-0.2, 0) is 11.3 Å². The highest BCUT2D eigenvalue weighted by molar-refractivity contribution is 5.77. The Bertz CT molecular complexity index is 633. The number of nitrogens with zero attached hydrogens (tertiary/aromatic N) is 3. The molecule has 0 spiro atoms. The number of hydrogen-bond acceptors (Lipinski definition) is 3. The van der Waals surface area contributed by atoms with E-state index in [0.717, 1.165) is 44.6 Å². The summed E-state index contributed by atoms with van der Waals surface area (Å²) in [5, 5.41) is 8.90. The van der Waals surface area contributed by atoms with Crippen molar-refractivity contribution in [1.82, 2.24) is 9.80 Å². The Morgan fingerprint density at radius 3 is 2.78 bits per heavy atom. The van der Waals surface area contributed by atoms with E-state index in [1.807, 2.05) is 12.1 Å². The molecule has 3 fully saturated rings. The van der Waals surface area contributed by atoms with Crippen LogP contribution in [0.5, 0.6) is 0 Å². The molecule has 0 N–H and O–H groups in total. The van der Waals surface area contributed by atoms with Crippen LogP contribution in [0.4, 0.5) is 0 Å². The van der Waals surface area contributed by atoms with E-state index in [4.69, 9.17) is 5.26 Å². The smallest absolute Gasteiger partial charge is 0.222 e. The topological polar surface area (TPSA) is 47.3 Å². The van der Waals surface area contributed by atoms with E-state index in [9.17, 15) is 4.79 Å². The van der Waals surface area contributed by atoms with Crippen molar-refractivity contribution in [1.29, 1.82) is 5.26 Å². The molecule has 0 aromatic heterocycles. The maximum atomic E-state index is 12.2. The normalized spacial score (nSPS) is 30.7. The van der Waals surface area contributed by atoms with Gasteiger partial charge in [0.25, 0.3) is 0 Å². The number of fused-ring (bicyclic) bond motifs is 4. The number of carbonyl (C=O) groups is 1. The summed E-state index contributed by atoms with van der Waals surface area (Å²) in [5.41, 5.74) is 2.00. The van der Waals surface area contributed by atoms with Crippen molar-refractivity contribution >= 4 is 5.91 Å². The summed E-state index contributed by atoms with van der Waals surface area (Å²) in [4.78, 5) is 16.9. The van der Waals surface area contributed by atoms with E-state index >= 15 is 0 Å². The largest absolute Gasteiger partial charge is 0.339 e. The molecular weight excluding hydrogens is 286 g/mol. The Kier molecular flexibility index (Phi) is 3.82. The van der Waals surface area contributed by atoms with Gasteiger partial charge in [0.1, 0.15) is 0 Å². The first-order valence-electron chi connectivity index (χ1n) is 8.74. The van der Waals surface area contributed by atoms with Crippen LogP contribution >= 0.6 is 0 Å². The van der Waals surface area contributed by atoms with Gasteiger partial charge in [-0.05, 0) is 48.8 Å². The molecule has 1 aromatic carbocycles. The predicted molar refractivity (Wildman–Crippen MR) is 87.4 cm³/mol. The van der Waals surface area contributed by atoms with Crippen molar-refractivity contribution in [2.24, 2.45) is 11.8 Å². The number of carbonyl (C=O) groups excluding carboxylic acids is 1. The van der Waals surface area contributed by atoms with Crippen LogP contribution < -0.4 is 0 Å². The summed E-state index contributed by atoms with van der Waals surface area (Å²) in [5.74, 6) is 1.66. The van der Waals surface area contributed by atoms with E-state index in [1.165, 1.54) is 18.4 Å². The molecule has 1 amide bonds. The van der Waals surface area contributed by atoms with Crippen LogP contribution in [0.15, 0.2) is 24.3 Å². The molecule has 4 heteroatoms. The quantitative estimate of drug-likeness (QED) is 0.843. The monoisotopic (exact) mass is 309 g/mol. The van der Waals surface area contributed by atoms with Crippen molar-refractivity contribution in [2.45, 2.75) is 38.3 Å². The molecule has 2 bridgehead atoms. The number of nitriles is 1. The minimum atomic E-state index is 0.386. The van der Waals surface area contributed by atoms with Gasteiger partial charge in [-0.2, -0.15) is 5.26 Å². The highest BCUT2D eigenvalue weighted by atomic mass is 16.2. The van der Waals surface area contributed by atoms with E-state index in [0.29, 0.717) is 23.8 Å². The number of benzene rings is 1. The zero-order valence-electron chi connectivity index (χ0n) is 13.4. The second-order valence-corrected chi connectivity index (χ2v) is 7.37. The van der Waals surface area contributed by atoms with Gasteiger partial charge in [-0.3, -0.25) is 9.69 Å². The van der Waals surface area contributed by atoms with Crippen LogP contribution in [0.2, 0.25) is 0 Å². The molecule has 3 aliphatic rings. The first kappa shape index (κ1) is 14.7. The predicted octanol–water partition coefficient (Wildman–Crippen LogP) is 2.39. The third kappa shape index (κ3) is 2.86. The van der Waals surface area contributed by atoms with Crippen molar-refractivity contribution < 1.29 is 4.79 Å². The van der Waals surface area contributed by atoms with Crippen LogP contribution in [-0.4, -0.2) is 41.4 Å². The summed E-state index contributed by atoms with van der Waals surface area (Å²) in [6, 6.07) is 10.6.